The van der Waals surface area contributed by atoms with Gasteiger partial charge in [-0.1, -0.05) is 275 Å². The van der Waals surface area contributed by atoms with E-state index in [1.807, 2.05) is 0 Å². The topological polar surface area (TPSA) is 78.9 Å². The van der Waals surface area contributed by atoms with E-state index in [2.05, 4.69) is 69.4 Å². The van der Waals surface area contributed by atoms with Crippen LogP contribution in [0.3, 0.4) is 0 Å². The summed E-state index contributed by atoms with van der Waals surface area (Å²) in [7, 11) is 0. The zero-order chi connectivity index (χ0) is 48.6. The van der Waals surface area contributed by atoms with Crippen molar-refractivity contribution in [1.82, 2.24) is 0 Å². The minimum Gasteiger partial charge on any atom is -0.462 e. The maximum Gasteiger partial charge on any atom is 0.306 e. The van der Waals surface area contributed by atoms with Gasteiger partial charge in [0.1, 0.15) is 13.2 Å². The van der Waals surface area contributed by atoms with Gasteiger partial charge in [0, 0.05) is 19.3 Å². The SMILES string of the molecule is CC/C=C\C/C=C\C/C=C\C/C=C\CCCCCC(=O)OC(COC(=O)CCCCCCCCCCCCCCCC)COC(=O)CCCCCCCCCCCCCCCCCCCCC. The second-order valence-corrected chi connectivity index (χ2v) is 19.5. The van der Waals surface area contributed by atoms with Gasteiger partial charge < -0.3 is 14.2 Å². The quantitative estimate of drug-likeness (QED) is 0.0262. The van der Waals surface area contributed by atoms with Crippen molar-refractivity contribution in [2.24, 2.45) is 0 Å². The van der Waals surface area contributed by atoms with Crippen molar-refractivity contribution < 1.29 is 28.6 Å². The van der Waals surface area contributed by atoms with Crippen LogP contribution in [-0.2, 0) is 28.6 Å². The van der Waals surface area contributed by atoms with Crippen LogP contribution in [0.25, 0.3) is 0 Å². The van der Waals surface area contributed by atoms with E-state index in [1.165, 1.54) is 173 Å². The first-order chi connectivity index (χ1) is 33.0. The molecule has 0 saturated carbocycles. The highest BCUT2D eigenvalue weighted by Crippen LogP contribution is 2.17. The van der Waals surface area contributed by atoms with Crippen molar-refractivity contribution in [1.29, 1.82) is 0 Å². The minimum absolute atomic E-state index is 0.0817. The van der Waals surface area contributed by atoms with E-state index in [0.29, 0.717) is 19.3 Å². The molecule has 0 heterocycles. The third-order valence-electron chi connectivity index (χ3n) is 12.8. The molecule has 0 radical (unpaired) electrons. The van der Waals surface area contributed by atoms with Gasteiger partial charge in [-0.2, -0.15) is 0 Å². The fourth-order valence-electron chi connectivity index (χ4n) is 8.49. The van der Waals surface area contributed by atoms with Crippen LogP contribution in [0.15, 0.2) is 48.6 Å². The smallest absolute Gasteiger partial charge is 0.306 e. The monoisotopic (exact) mass is 939 g/mol. The molecule has 0 aromatic heterocycles. The van der Waals surface area contributed by atoms with Crippen molar-refractivity contribution in [3.8, 4) is 0 Å². The zero-order valence-electron chi connectivity index (χ0n) is 44.7. The highest BCUT2D eigenvalue weighted by Gasteiger charge is 2.19. The molecule has 0 aliphatic rings. The molecule has 6 nitrogen and oxygen atoms in total. The molecule has 0 fully saturated rings. The molecule has 0 bridgehead atoms. The van der Waals surface area contributed by atoms with E-state index in [1.54, 1.807) is 0 Å². The van der Waals surface area contributed by atoms with E-state index in [-0.39, 0.29) is 31.1 Å². The molecule has 0 N–H and O–H groups in total. The number of unbranched alkanes of at least 4 members (excludes halogenated alkanes) is 34. The van der Waals surface area contributed by atoms with Crippen LogP contribution in [0.2, 0.25) is 0 Å². The Balaban J connectivity index is 4.36. The summed E-state index contributed by atoms with van der Waals surface area (Å²) < 4.78 is 16.9. The third-order valence-corrected chi connectivity index (χ3v) is 12.8. The zero-order valence-corrected chi connectivity index (χ0v) is 44.7. The number of carbonyl (C=O) groups excluding carboxylic acids is 3. The number of rotatable bonds is 53. The van der Waals surface area contributed by atoms with Crippen LogP contribution in [0.5, 0.6) is 0 Å². The normalized spacial score (nSPS) is 12.3. The van der Waals surface area contributed by atoms with Gasteiger partial charge in [0.15, 0.2) is 6.10 Å². The van der Waals surface area contributed by atoms with E-state index >= 15 is 0 Å². The summed E-state index contributed by atoms with van der Waals surface area (Å²) in [5.41, 5.74) is 0. The lowest BCUT2D eigenvalue weighted by molar-refractivity contribution is -0.167. The molecular formula is C61H110O6. The second-order valence-electron chi connectivity index (χ2n) is 19.5. The summed E-state index contributed by atoms with van der Waals surface area (Å²) in [4.78, 5) is 38.1. The standard InChI is InChI=1S/C61H110O6/c1-4-7-10-13-16-19-22-25-28-30-31-32-34-36-39-42-45-48-51-54-60(63)66-57-58(56-65-59(62)53-50-47-44-41-38-35-27-24-21-18-15-12-9-6-3)67-61(64)55-52-49-46-43-40-37-33-29-26-23-20-17-14-11-8-5-2/h8,11,17,20,26,29,37,40,58H,4-7,9-10,12-16,18-19,21-25,27-28,30-36,38-39,41-57H2,1-3H3/b11-8-,20-17-,29-26-,40-37-. The Morgan fingerprint density at radius 2 is 0.582 bits per heavy atom. The lowest BCUT2D eigenvalue weighted by atomic mass is 10.0. The molecule has 67 heavy (non-hydrogen) atoms. The number of esters is 3. The fourth-order valence-corrected chi connectivity index (χ4v) is 8.49. The maximum atomic E-state index is 12.8. The van der Waals surface area contributed by atoms with Gasteiger partial charge in [0.05, 0.1) is 0 Å². The van der Waals surface area contributed by atoms with Gasteiger partial charge in [-0.3, -0.25) is 14.4 Å². The molecule has 6 heteroatoms. The maximum absolute atomic E-state index is 12.8. The van der Waals surface area contributed by atoms with E-state index in [4.69, 9.17) is 14.2 Å². The Labute approximate surface area is 416 Å². The lowest BCUT2D eigenvalue weighted by Crippen LogP contribution is -2.30. The Morgan fingerprint density at radius 1 is 0.313 bits per heavy atom. The van der Waals surface area contributed by atoms with Crippen molar-refractivity contribution in [2.75, 3.05) is 13.2 Å². The molecule has 0 rings (SSSR count). The van der Waals surface area contributed by atoms with Crippen molar-refractivity contribution in [3.05, 3.63) is 48.6 Å². The van der Waals surface area contributed by atoms with Crippen molar-refractivity contribution in [3.63, 3.8) is 0 Å². The van der Waals surface area contributed by atoms with Gasteiger partial charge in [-0.15, -0.1) is 0 Å². The van der Waals surface area contributed by atoms with Gasteiger partial charge in [-0.05, 0) is 57.8 Å². The van der Waals surface area contributed by atoms with Crippen LogP contribution in [0.1, 0.15) is 303 Å². The summed E-state index contributed by atoms with van der Waals surface area (Å²) in [6.45, 7) is 6.54. The molecule has 0 saturated heterocycles. The molecule has 1 atom stereocenters. The molecule has 0 aliphatic carbocycles. The summed E-state index contributed by atoms with van der Waals surface area (Å²) in [5, 5.41) is 0. The summed E-state index contributed by atoms with van der Waals surface area (Å²) in [6, 6.07) is 0. The molecule has 0 amide bonds. The summed E-state index contributed by atoms with van der Waals surface area (Å²) >= 11 is 0. The molecule has 0 aromatic rings. The Morgan fingerprint density at radius 3 is 0.910 bits per heavy atom. The largest absolute Gasteiger partial charge is 0.462 e. The first-order valence-corrected chi connectivity index (χ1v) is 29.1. The lowest BCUT2D eigenvalue weighted by Gasteiger charge is -2.18. The molecule has 0 spiro atoms. The van der Waals surface area contributed by atoms with Crippen molar-refractivity contribution >= 4 is 17.9 Å². The average molecular weight is 940 g/mol. The van der Waals surface area contributed by atoms with Crippen LogP contribution >= 0.6 is 0 Å². The Hall–Kier alpha value is -2.63. The van der Waals surface area contributed by atoms with E-state index in [9.17, 15) is 14.4 Å². The highest BCUT2D eigenvalue weighted by molar-refractivity contribution is 5.71. The summed E-state index contributed by atoms with van der Waals surface area (Å²) in [5.74, 6) is -0.896. The molecule has 1 unspecified atom stereocenters. The minimum atomic E-state index is -0.786. The fraction of sp³-hybridized carbons (Fsp3) is 0.820. The third kappa shape index (κ3) is 54.2. The average Bonchev–Trinajstić information content (AvgIpc) is 3.33. The van der Waals surface area contributed by atoms with Crippen LogP contribution < -0.4 is 0 Å². The number of carbonyl (C=O) groups is 3. The van der Waals surface area contributed by atoms with Gasteiger partial charge in [-0.25, -0.2) is 0 Å². The van der Waals surface area contributed by atoms with Gasteiger partial charge in [0.2, 0.25) is 0 Å². The number of hydrogen-bond donors (Lipinski definition) is 0. The van der Waals surface area contributed by atoms with Gasteiger partial charge in [0.25, 0.3) is 0 Å². The summed E-state index contributed by atoms with van der Waals surface area (Å²) in [6.07, 6.45) is 68.2. The highest BCUT2D eigenvalue weighted by atomic mass is 16.6. The van der Waals surface area contributed by atoms with Crippen LogP contribution in [-0.4, -0.2) is 37.2 Å². The molecular weight excluding hydrogens is 829 g/mol. The number of hydrogen-bond acceptors (Lipinski definition) is 6. The number of allylic oxidation sites excluding steroid dienone is 8. The Bertz CT molecular complexity index is 1170. The second kappa shape index (κ2) is 56.0. The van der Waals surface area contributed by atoms with Crippen molar-refractivity contribution in [2.45, 2.75) is 309 Å². The predicted molar refractivity (Wildman–Crippen MR) is 289 cm³/mol. The Kier molecular flexibility index (Phi) is 53.8. The number of ether oxygens (including phenoxy) is 3. The van der Waals surface area contributed by atoms with E-state index < -0.39 is 6.10 Å². The first kappa shape index (κ1) is 64.4. The van der Waals surface area contributed by atoms with E-state index in [0.717, 1.165) is 89.9 Å². The molecule has 390 valence electrons. The first-order valence-electron chi connectivity index (χ1n) is 29.1. The van der Waals surface area contributed by atoms with Crippen LogP contribution in [0.4, 0.5) is 0 Å². The predicted octanol–water partition coefficient (Wildman–Crippen LogP) is 19.4. The molecule has 0 aromatic carbocycles. The van der Waals surface area contributed by atoms with Crippen LogP contribution in [0, 0.1) is 0 Å². The van der Waals surface area contributed by atoms with Gasteiger partial charge >= 0.3 is 17.9 Å². The molecule has 0 aliphatic heterocycles.